The van der Waals surface area contributed by atoms with Gasteiger partial charge in [0.05, 0.1) is 19.8 Å². The molecule has 1 atom stereocenters. The Hall–Kier alpha value is -2.93. The second kappa shape index (κ2) is 11.1. The van der Waals surface area contributed by atoms with E-state index in [9.17, 15) is 0 Å². The van der Waals surface area contributed by atoms with E-state index in [2.05, 4.69) is 48.7 Å². The molecule has 0 aliphatic carbocycles. The normalized spacial score (nSPS) is 17.4. The van der Waals surface area contributed by atoms with Crippen molar-refractivity contribution in [3.8, 4) is 17.2 Å². The number of aliphatic imine (C=N–C) groups is 1. The van der Waals surface area contributed by atoms with Crippen LogP contribution in [0.5, 0.6) is 17.2 Å². The summed E-state index contributed by atoms with van der Waals surface area (Å²) in [5.74, 6) is 3.81. The van der Waals surface area contributed by atoms with Crippen molar-refractivity contribution in [3.05, 3.63) is 53.1 Å². The summed E-state index contributed by atoms with van der Waals surface area (Å²) < 4.78 is 22.5. The number of ether oxygens (including phenoxy) is 4. The minimum Gasteiger partial charge on any atom is -0.493 e. The maximum Gasteiger partial charge on any atom is 0.231 e. The molecular weight excluding hydrogens is 406 g/mol. The topological polar surface area (TPSA) is 73.3 Å². The molecule has 2 N–H and O–H groups in total. The summed E-state index contributed by atoms with van der Waals surface area (Å²) in [6, 6.07) is 12.4. The van der Waals surface area contributed by atoms with Crippen LogP contribution in [0.25, 0.3) is 0 Å². The molecule has 2 aliphatic heterocycles. The first-order chi connectivity index (χ1) is 15.7. The van der Waals surface area contributed by atoms with E-state index >= 15 is 0 Å². The van der Waals surface area contributed by atoms with Gasteiger partial charge in [-0.1, -0.05) is 18.2 Å². The third-order valence-electron chi connectivity index (χ3n) is 5.62. The second-order valence-electron chi connectivity index (χ2n) is 8.21. The predicted octanol–water partition coefficient (Wildman–Crippen LogP) is 3.44. The van der Waals surface area contributed by atoms with Crippen molar-refractivity contribution >= 4 is 5.96 Å². The maximum absolute atomic E-state index is 6.16. The van der Waals surface area contributed by atoms with Gasteiger partial charge in [0.25, 0.3) is 0 Å². The number of nitrogens with zero attached hydrogens (tertiary/aromatic N) is 1. The van der Waals surface area contributed by atoms with Gasteiger partial charge in [-0.2, -0.15) is 0 Å². The molecule has 32 heavy (non-hydrogen) atoms. The average molecular weight is 440 g/mol. The molecule has 0 bridgehead atoms. The Morgan fingerprint density at radius 3 is 2.88 bits per heavy atom. The molecule has 0 aromatic heterocycles. The summed E-state index contributed by atoms with van der Waals surface area (Å²) in [5, 5.41) is 6.75. The van der Waals surface area contributed by atoms with E-state index in [-0.39, 0.29) is 0 Å². The van der Waals surface area contributed by atoms with Gasteiger partial charge in [-0.15, -0.1) is 0 Å². The number of benzene rings is 2. The predicted molar refractivity (Wildman–Crippen MR) is 125 cm³/mol. The molecule has 1 fully saturated rings. The van der Waals surface area contributed by atoms with Crippen molar-refractivity contribution in [1.29, 1.82) is 0 Å². The molecule has 1 saturated heterocycles. The number of hydrogen-bond donors (Lipinski definition) is 2. The highest BCUT2D eigenvalue weighted by Crippen LogP contribution is 2.32. The smallest absolute Gasteiger partial charge is 0.231 e. The molecule has 2 heterocycles. The highest BCUT2D eigenvalue weighted by Gasteiger charge is 2.17. The molecule has 2 aromatic carbocycles. The molecule has 172 valence electrons. The second-order valence-corrected chi connectivity index (χ2v) is 8.21. The van der Waals surface area contributed by atoms with Crippen molar-refractivity contribution < 1.29 is 18.9 Å². The number of fused-ring (bicyclic) bond motifs is 1. The highest BCUT2D eigenvalue weighted by atomic mass is 16.7. The first kappa shape index (κ1) is 22.3. The number of aryl methyl sites for hydroxylation is 1. The highest BCUT2D eigenvalue weighted by molar-refractivity contribution is 5.79. The maximum atomic E-state index is 6.16. The van der Waals surface area contributed by atoms with E-state index < -0.39 is 0 Å². The van der Waals surface area contributed by atoms with Gasteiger partial charge in [0.1, 0.15) is 5.75 Å². The Morgan fingerprint density at radius 2 is 2.03 bits per heavy atom. The summed E-state index contributed by atoms with van der Waals surface area (Å²) in [7, 11) is 0. The van der Waals surface area contributed by atoms with Crippen molar-refractivity contribution in [2.45, 2.75) is 33.2 Å². The van der Waals surface area contributed by atoms with Gasteiger partial charge in [-0.25, -0.2) is 4.99 Å². The fourth-order valence-electron chi connectivity index (χ4n) is 3.78. The number of nitrogens with one attached hydrogen (secondary N) is 2. The zero-order valence-electron chi connectivity index (χ0n) is 19.0. The lowest BCUT2D eigenvalue weighted by Crippen LogP contribution is -2.38. The van der Waals surface area contributed by atoms with Gasteiger partial charge < -0.3 is 29.6 Å². The summed E-state index contributed by atoms with van der Waals surface area (Å²) >= 11 is 0. The van der Waals surface area contributed by atoms with Crippen molar-refractivity contribution in [3.63, 3.8) is 0 Å². The SMILES string of the molecule is CCNC(=NCc1ccc(C)cc1OCC1CCOC1)NCCc1ccc2c(c1)OCO2. The lowest BCUT2D eigenvalue weighted by Gasteiger charge is -2.15. The third-order valence-corrected chi connectivity index (χ3v) is 5.62. The van der Waals surface area contributed by atoms with Gasteiger partial charge in [-0.3, -0.25) is 0 Å². The monoisotopic (exact) mass is 439 g/mol. The van der Waals surface area contributed by atoms with Crippen LogP contribution in [0.3, 0.4) is 0 Å². The lowest BCUT2D eigenvalue weighted by molar-refractivity contribution is 0.166. The Morgan fingerprint density at radius 1 is 1.12 bits per heavy atom. The van der Waals surface area contributed by atoms with E-state index in [1.165, 1.54) is 11.1 Å². The van der Waals surface area contributed by atoms with Crippen LogP contribution >= 0.6 is 0 Å². The average Bonchev–Trinajstić information content (AvgIpc) is 3.48. The zero-order chi connectivity index (χ0) is 22.2. The summed E-state index contributed by atoms with van der Waals surface area (Å²) in [5.41, 5.74) is 3.47. The molecule has 7 heteroatoms. The van der Waals surface area contributed by atoms with Crippen LogP contribution in [0.15, 0.2) is 41.4 Å². The van der Waals surface area contributed by atoms with Gasteiger partial charge >= 0.3 is 0 Å². The van der Waals surface area contributed by atoms with Crippen LogP contribution < -0.4 is 24.8 Å². The van der Waals surface area contributed by atoms with E-state index in [0.29, 0.717) is 25.9 Å². The standard InChI is InChI=1S/C25H33N3O4/c1-3-26-25(27-10-8-19-5-7-22-24(13-19)32-17-31-22)28-14-21-6-4-18(2)12-23(21)30-16-20-9-11-29-15-20/h4-7,12-13,20H,3,8-11,14-17H2,1-2H3,(H2,26,27,28). The van der Waals surface area contributed by atoms with E-state index in [4.69, 9.17) is 23.9 Å². The molecule has 1 unspecified atom stereocenters. The van der Waals surface area contributed by atoms with Crippen LogP contribution in [0, 0.1) is 12.8 Å². The fourth-order valence-corrected chi connectivity index (χ4v) is 3.78. The van der Waals surface area contributed by atoms with Crippen LogP contribution in [-0.2, 0) is 17.7 Å². The number of guanidine groups is 1. The number of hydrogen-bond acceptors (Lipinski definition) is 5. The summed E-state index contributed by atoms with van der Waals surface area (Å²) in [4.78, 5) is 4.79. The van der Waals surface area contributed by atoms with Crippen molar-refractivity contribution in [1.82, 2.24) is 10.6 Å². The van der Waals surface area contributed by atoms with Gasteiger partial charge in [-0.05, 0) is 56.0 Å². The van der Waals surface area contributed by atoms with E-state index in [1.54, 1.807) is 0 Å². The first-order valence-electron chi connectivity index (χ1n) is 11.4. The van der Waals surface area contributed by atoms with Crippen LogP contribution in [-0.4, -0.2) is 45.7 Å². The molecular formula is C25H33N3O4. The van der Waals surface area contributed by atoms with Crippen molar-refractivity contribution in [2.75, 3.05) is 39.7 Å². The van der Waals surface area contributed by atoms with Crippen molar-refractivity contribution in [2.24, 2.45) is 10.9 Å². The zero-order valence-corrected chi connectivity index (χ0v) is 19.0. The van der Waals surface area contributed by atoms with Gasteiger partial charge in [0, 0.05) is 31.2 Å². The molecule has 2 aromatic rings. The van der Waals surface area contributed by atoms with E-state index in [1.807, 2.05) is 12.1 Å². The van der Waals surface area contributed by atoms with Crippen LogP contribution in [0.2, 0.25) is 0 Å². The third kappa shape index (κ3) is 6.07. The van der Waals surface area contributed by atoms with Gasteiger partial charge in [0.15, 0.2) is 17.5 Å². The molecule has 0 saturated carbocycles. The lowest BCUT2D eigenvalue weighted by atomic mass is 10.1. The Kier molecular flexibility index (Phi) is 7.72. The summed E-state index contributed by atoms with van der Waals surface area (Å²) in [6.45, 7) is 8.89. The quantitative estimate of drug-likeness (QED) is 0.461. The molecule has 0 spiro atoms. The fraction of sp³-hybridized carbons (Fsp3) is 0.480. The Balaban J connectivity index is 1.34. The Bertz CT molecular complexity index is 925. The molecule has 2 aliphatic rings. The van der Waals surface area contributed by atoms with Gasteiger partial charge in [0.2, 0.25) is 6.79 Å². The minimum atomic E-state index is 0.299. The largest absolute Gasteiger partial charge is 0.493 e. The van der Waals surface area contributed by atoms with Crippen LogP contribution in [0.1, 0.15) is 30.0 Å². The molecule has 0 amide bonds. The first-order valence-corrected chi connectivity index (χ1v) is 11.4. The molecule has 4 rings (SSSR count). The number of rotatable bonds is 9. The molecule has 0 radical (unpaired) electrons. The Labute approximate surface area is 190 Å². The minimum absolute atomic E-state index is 0.299. The van der Waals surface area contributed by atoms with Crippen LogP contribution in [0.4, 0.5) is 0 Å². The molecule has 7 nitrogen and oxygen atoms in total. The van der Waals surface area contributed by atoms with E-state index in [0.717, 1.165) is 67.9 Å². The summed E-state index contributed by atoms with van der Waals surface area (Å²) in [6.07, 6.45) is 1.93.